The van der Waals surface area contributed by atoms with E-state index in [2.05, 4.69) is 35.3 Å². The molecular weight excluding hydrogens is 534 g/mol. The summed E-state index contributed by atoms with van der Waals surface area (Å²) >= 11 is 0. The first-order valence-corrected chi connectivity index (χ1v) is 14.1. The van der Waals surface area contributed by atoms with Crippen LogP contribution >= 0.6 is 0 Å². The summed E-state index contributed by atoms with van der Waals surface area (Å²) in [4.78, 5) is 40.9. The lowest BCUT2D eigenvalue weighted by molar-refractivity contribution is -0.114. The summed E-state index contributed by atoms with van der Waals surface area (Å²) in [5, 5.41) is 6.07. The zero-order chi connectivity index (χ0) is 30.2. The van der Waals surface area contributed by atoms with Gasteiger partial charge < -0.3 is 34.8 Å². The van der Waals surface area contributed by atoms with Gasteiger partial charge in [0.2, 0.25) is 17.6 Å². The van der Waals surface area contributed by atoms with E-state index in [0.717, 1.165) is 50.4 Å². The molecule has 1 saturated heterocycles. The van der Waals surface area contributed by atoms with Crippen LogP contribution in [0.1, 0.15) is 42.2 Å². The van der Waals surface area contributed by atoms with Gasteiger partial charge >= 0.3 is 0 Å². The number of anilines is 5. The molecule has 0 spiro atoms. The van der Waals surface area contributed by atoms with E-state index in [1.54, 1.807) is 32.4 Å². The molecule has 1 aromatic heterocycles. The van der Waals surface area contributed by atoms with Crippen LogP contribution in [0.2, 0.25) is 0 Å². The lowest BCUT2D eigenvalue weighted by atomic mass is 10.0. The molecule has 2 heterocycles. The van der Waals surface area contributed by atoms with Crippen molar-refractivity contribution >= 4 is 40.4 Å². The third-order valence-corrected chi connectivity index (χ3v) is 7.21. The van der Waals surface area contributed by atoms with Crippen molar-refractivity contribution < 1.29 is 19.1 Å². The number of ketones is 1. The summed E-state index contributed by atoms with van der Waals surface area (Å²) in [5.74, 6) is 0.784. The normalized spacial score (nSPS) is 13.1. The largest absolute Gasteiger partial charge is 0.496 e. The van der Waals surface area contributed by atoms with Gasteiger partial charge in [0.25, 0.3) is 0 Å². The fourth-order valence-electron chi connectivity index (χ4n) is 4.93. The molecule has 42 heavy (non-hydrogen) atoms. The van der Waals surface area contributed by atoms with Crippen molar-refractivity contribution in [2.75, 3.05) is 82.0 Å². The molecule has 0 saturated carbocycles. The van der Waals surface area contributed by atoms with Crippen LogP contribution in [0.25, 0.3) is 0 Å². The number of ether oxygens (including phenoxy) is 2. The molecule has 224 valence electrons. The highest BCUT2D eigenvalue weighted by Crippen LogP contribution is 2.38. The van der Waals surface area contributed by atoms with Gasteiger partial charge in [-0.2, -0.15) is 0 Å². The van der Waals surface area contributed by atoms with Crippen molar-refractivity contribution in [1.29, 1.82) is 0 Å². The maximum absolute atomic E-state index is 13.6. The second-order valence-corrected chi connectivity index (χ2v) is 10.6. The Hall–Kier alpha value is -4.38. The van der Waals surface area contributed by atoms with Crippen molar-refractivity contribution in [2.45, 2.75) is 26.2 Å². The van der Waals surface area contributed by atoms with Gasteiger partial charge in [-0.25, -0.2) is 9.97 Å². The van der Waals surface area contributed by atoms with Gasteiger partial charge in [-0.05, 0) is 57.6 Å². The van der Waals surface area contributed by atoms with Gasteiger partial charge in [-0.1, -0.05) is 0 Å². The number of rotatable bonds is 12. The van der Waals surface area contributed by atoms with Crippen LogP contribution in [-0.4, -0.2) is 88.1 Å². The lowest BCUT2D eigenvalue weighted by Gasteiger charge is -2.29. The van der Waals surface area contributed by atoms with Crippen molar-refractivity contribution in [1.82, 2.24) is 14.9 Å². The third-order valence-electron chi connectivity index (χ3n) is 7.21. The second-order valence-electron chi connectivity index (χ2n) is 10.6. The Bertz CT molecular complexity index is 1410. The molecule has 2 aromatic carbocycles. The lowest BCUT2D eigenvalue weighted by Crippen LogP contribution is -2.29. The first-order chi connectivity index (χ1) is 20.2. The average molecular weight is 576 g/mol. The highest BCUT2D eigenvalue weighted by atomic mass is 16.5. The fourth-order valence-corrected chi connectivity index (χ4v) is 4.93. The summed E-state index contributed by atoms with van der Waals surface area (Å²) in [6.45, 7) is 5.03. The Morgan fingerprint density at radius 2 is 1.67 bits per heavy atom. The van der Waals surface area contributed by atoms with E-state index in [-0.39, 0.29) is 23.3 Å². The van der Waals surface area contributed by atoms with Crippen LogP contribution < -0.4 is 29.9 Å². The number of likely N-dealkylation sites (N-methyl/N-ethyl adjacent to an activating group) is 2. The summed E-state index contributed by atoms with van der Waals surface area (Å²) in [6, 6.07) is 10.9. The monoisotopic (exact) mass is 575 g/mol. The maximum Gasteiger partial charge on any atom is 0.227 e. The number of nitrogens with zero attached hydrogens (tertiary/aromatic N) is 5. The Morgan fingerprint density at radius 1 is 0.929 bits per heavy atom. The minimum absolute atomic E-state index is 0.197. The van der Waals surface area contributed by atoms with Crippen LogP contribution in [0.4, 0.5) is 28.7 Å². The molecular formula is C31H41N7O4. The molecule has 2 N–H and O–H groups in total. The van der Waals surface area contributed by atoms with E-state index in [1.807, 2.05) is 39.3 Å². The predicted octanol–water partition coefficient (Wildman–Crippen LogP) is 4.41. The average Bonchev–Trinajstić information content (AvgIpc) is 2.99. The minimum Gasteiger partial charge on any atom is -0.496 e. The highest BCUT2D eigenvalue weighted by Gasteiger charge is 2.21. The summed E-state index contributed by atoms with van der Waals surface area (Å²) in [7, 11) is 9.12. The van der Waals surface area contributed by atoms with Gasteiger partial charge in [0.15, 0.2) is 0 Å². The van der Waals surface area contributed by atoms with Crippen LogP contribution in [-0.2, 0) is 4.79 Å². The number of methoxy groups -OCH3 is 2. The number of aromatic nitrogens is 2. The fraction of sp³-hybridized carbons (Fsp3) is 0.419. The van der Waals surface area contributed by atoms with Gasteiger partial charge in [-0.15, -0.1) is 0 Å². The molecule has 3 aromatic rings. The number of nitrogens with one attached hydrogen (secondary N) is 2. The number of amides is 1. The smallest absolute Gasteiger partial charge is 0.227 e. The van der Waals surface area contributed by atoms with Crippen LogP contribution in [0.5, 0.6) is 11.5 Å². The molecule has 1 aliphatic rings. The highest BCUT2D eigenvalue weighted by molar-refractivity contribution is 6.10. The molecule has 1 amide bonds. The molecule has 1 aliphatic heterocycles. The minimum atomic E-state index is -0.272. The van der Waals surface area contributed by atoms with Crippen LogP contribution in [0, 0.1) is 0 Å². The first-order valence-electron chi connectivity index (χ1n) is 14.1. The van der Waals surface area contributed by atoms with Crippen molar-refractivity contribution in [3.8, 4) is 11.5 Å². The topological polar surface area (TPSA) is 112 Å². The van der Waals surface area contributed by atoms with E-state index >= 15 is 0 Å². The van der Waals surface area contributed by atoms with E-state index in [1.165, 1.54) is 19.5 Å². The van der Waals surface area contributed by atoms with Crippen LogP contribution in [0.3, 0.4) is 0 Å². The zero-order valence-corrected chi connectivity index (χ0v) is 25.4. The number of hydrogen-bond acceptors (Lipinski definition) is 10. The molecule has 4 rings (SSSR count). The predicted molar refractivity (Wildman–Crippen MR) is 167 cm³/mol. The second kappa shape index (κ2) is 14.0. The van der Waals surface area contributed by atoms with Gasteiger partial charge in [0.05, 0.1) is 36.8 Å². The maximum atomic E-state index is 13.6. The number of carbonyl (C=O) groups excluding carboxylic acids is 2. The number of benzene rings is 2. The number of carbonyl (C=O) groups is 2. The Labute approximate surface area is 247 Å². The Kier molecular flexibility index (Phi) is 10.2. The van der Waals surface area contributed by atoms with E-state index in [9.17, 15) is 9.59 Å². The van der Waals surface area contributed by atoms with Crippen LogP contribution in [0.15, 0.2) is 42.6 Å². The van der Waals surface area contributed by atoms with Crippen molar-refractivity contribution in [2.24, 2.45) is 0 Å². The quantitative estimate of drug-likeness (QED) is 0.301. The Morgan fingerprint density at radius 3 is 2.33 bits per heavy atom. The van der Waals surface area contributed by atoms with Gasteiger partial charge in [0, 0.05) is 64.2 Å². The molecule has 0 aliphatic carbocycles. The first kappa shape index (κ1) is 30.6. The summed E-state index contributed by atoms with van der Waals surface area (Å²) < 4.78 is 11.3. The summed E-state index contributed by atoms with van der Waals surface area (Å²) in [5.41, 5.74) is 3.65. The van der Waals surface area contributed by atoms with Crippen molar-refractivity contribution in [3.63, 3.8) is 0 Å². The standard InChI is InChI=1S/C31H41N7O4/c1-21(39)33-25-19-26(29(42-6)20-27(25)37(4)17-16-36(2)3)35-31-32-13-12-24(34-31)30(40)23-11-10-22(18-28(23)41-5)38-14-8-7-9-15-38/h10-13,18-20H,7-9,14-17H2,1-6H3,(H,33,39)(H,32,34,35). The van der Waals surface area contributed by atoms with E-state index in [0.29, 0.717) is 28.4 Å². The SMILES string of the molecule is COc1cc(N(C)CCN(C)C)c(NC(C)=O)cc1Nc1nccc(C(=O)c2ccc(N3CCCCC3)cc2OC)n1. The summed E-state index contributed by atoms with van der Waals surface area (Å²) in [6.07, 6.45) is 5.09. The number of piperidine rings is 1. The van der Waals surface area contributed by atoms with Gasteiger partial charge in [0.1, 0.15) is 17.2 Å². The number of hydrogen-bond donors (Lipinski definition) is 2. The molecule has 0 atom stereocenters. The molecule has 0 radical (unpaired) electrons. The van der Waals surface area contributed by atoms with Gasteiger partial charge in [-0.3, -0.25) is 9.59 Å². The molecule has 1 fully saturated rings. The molecule has 11 heteroatoms. The molecule has 0 unspecified atom stereocenters. The van der Waals surface area contributed by atoms with Crippen molar-refractivity contribution in [3.05, 3.63) is 53.9 Å². The van der Waals surface area contributed by atoms with E-state index in [4.69, 9.17) is 9.47 Å². The van der Waals surface area contributed by atoms with E-state index < -0.39 is 0 Å². The molecule has 0 bridgehead atoms. The third kappa shape index (κ3) is 7.47. The molecule has 11 nitrogen and oxygen atoms in total. The Balaban J connectivity index is 1.61. The zero-order valence-electron chi connectivity index (χ0n) is 25.4.